The molecule has 3 aromatic rings. The van der Waals surface area contributed by atoms with E-state index in [0.29, 0.717) is 21.8 Å². The number of urea groups is 1. The second kappa shape index (κ2) is 10.2. The SMILES string of the molecule is CC1C(=O)N(c2ccc(SC(F)(F)F)cc2)C(=O)N1Cc1ccncc1NC(=O)c1ccc(Cl)cc1. The van der Waals surface area contributed by atoms with Crippen molar-refractivity contribution < 1.29 is 27.6 Å². The third-order valence-corrected chi connectivity index (χ3v) is 6.41. The summed E-state index contributed by atoms with van der Waals surface area (Å²) in [7, 11) is 0. The van der Waals surface area contributed by atoms with Crippen LogP contribution >= 0.6 is 23.4 Å². The van der Waals surface area contributed by atoms with Gasteiger partial charge in [0.2, 0.25) is 0 Å². The second-order valence-electron chi connectivity index (χ2n) is 7.80. The normalized spacial score (nSPS) is 16.0. The fraction of sp³-hybridized carbons (Fsp3) is 0.167. The van der Waals surface area contributed by atoms with Crippen molar-refractivity contribution in [3.8, 4) is 0 Å². The molecule has 0 radical (unpaired) electrons. The quantitative estimate of drug-likeness (QED) is 0.312. The molecule has 2 aromatic carbocycles. The minimum atomic E-state index is -4.45. The Morgan fingerprint density at radius 1 is 1.08 bits per heavy atom. The van der Waals surface area contributed by atoms with Crippen LogP contribution in [0.4, 0.5) is 29.3 Å². The standard InChI is InChI=1S/C24H18ClF3N4O3S/c1-14-22(34)32(18-6-8-19(9-7-18)36-24(26,27)28)23(35)31(14)13-16-10-11-29-12-20(16)30-21(33)15-2-4-17(25)5-3-15/h2-12,14H,13H2,1H3,(H,30,33). The maximum absolute atomic E-state index is 13.2. The van der Waals surface area contributed by atoms with E-state index in [1.54, 1.807) is 37.3 Å². The molecule has 36 heavy (non-hydrogen) atoms. The molecule has 0 aliphatic carbocycles. The van der Waals surface area contributed by atoms with E-state index in [1.165, 1.54) is 41.6 Å². The molecule has 1 fully saturated rings. The Morgan fingerprint density at radius 3 is 2.39 bits per heavy atom. The van der Waals surface area contributed by atoms with Crippen LogP contribution < -0.4 is 10.2 Å². The van der Waals surface area contributed by atoms with Gasteiger partial charge in [0.15, 0.2) is 0 Å². The van der Waals surface area contributed by atoms with Gasteiger partial charge in [0.25, 0.3) is 11.8 Å². The molecule has 1 unspecified atom stereocenters. The largest absolute Gasteiger partial charge is 0.446 e. The number of halogens is 4. The molecular weight excluding hydrogens is 517 g/mol. The van der Waals surface area contributed by atoms with Crippen molar-refractivity contribution in [2.45, 2.75) is 29.9 Å². The van der Waals surface area contributed by atoms with Gasteiger partial charge in [-0.2, -0.15) is 13.2 Å². The summed E-state index contributed by atoms with van der Waals surface area (Å²) in [6.07, 6.45) is 2.93. The predicted octanol–water partition coefficient (Wildman–Crippen LogP) is 5.96. The summed E-state index contributed by atoms with van der Waals surface area (Å²) in [5.41, 5.74) is -3.02. The van der Waals surface area contributed by atoms with Crippen LogP contribution in [0.5, 0.6) is 0 Å². The lowest BCUT2D eigenvalue weighted by atomic mass is 10.1. The van der Waals surface area contributed by atoms with Crippen LogP contribution in [0.15, 0.2) is 71.9 Å². The Hall–Kier alpha value is -3.57. The molecule has 2 heterocycles. The molecule has 186 valence electrons. The van der Waals surface area contributed by atoms with Gasteiger partial charge in [-0.15, -0.1) is 0 Å². The molecule has 1 aliphatic rings. The van der Waals surface area contributed by atoms with Crippen LogP contribution in [0.1, 0.15) is 22.8 Å². The second-order valence-corrected chi connectivity index (χ2v) is 9.37. The van der Waals surface area contributed by atoms with Gasteiger partial charge >= 0.3 is 11.5 Å². The first-order valence-corrected chi connectivity index (χ1v) is 11.7. The van der Waals surface area contributed by atoms with Crippen molar-refractivity contribution in [2.75, 3.05) is 10.2 Å². The Bertz CT molecular complexity index is 1300. The molecular formula is C24H18ClF3N4O3S. The minimum absolute atomic E-state index is 0.0109. The van der Waals surface area contributed by atoms with E-state index in [4.69, 9.17) is 11.6 Å². The molecule has 0 spiro atoms. The molecule has 0 bridgehead atoms. The number of hydrogen-bond donors (Lipinski definition) is 1. The Morgan fingerprint density at radius 2 is 1.75 bits per heavy atom. The number of rotatable bonds is 6. The number of benzene rings is 2. The van der Waals surface area contributed by atoms with Crippen molar-refractivity contribution in [2.24, 2.45) is 0 Å². The van der Waals surface area contributed by atoms with E-state index in [1.807, 2.05) is 0 Å². The molecule has 1 atom stereocenters. The zero-order valence-electron chi connectivity index (χ0n) is 18.6. The molecule has 1 N–H and O–H groups in total. The number of carbonyl (C=O) groups excluding carboxylic acids is 3. The van der Waals surface area contributed by atoms with Gasteiger partial charge in [0.05, 0.1) is 24.1 Å². The number of imide groups is 1. The summed E-state index contributed by atoms with van der Waals surface area (Å²) in [6, 6.07) is 11.4. The van der Waals surface area contributed by atoms with Crippen LogP contribution in [0.2, 0.25) is 5.02 Å². The predicted molar refractivity (Wildman–Crippen MR) is 130 cm³/mol. The van der Waals surface area contributed by atoms with Crippen LogP contribution in [-0.2, 0) is 11.3 Å². The maximum Gasteiger partial charge on any atom is 0.446 e. The number of pyridine rings is 1. The number of thioether (sulfide) groups is 1. The smallest absolute Gasteiger partial charge is 0.320 e. The number of aromatic nitrogens is 1. The highest BCUT2D eigenvalue weighted by Crippen LogP contribution is 2.38. The summed E-state index contributed by atoms with van der Waals surface area (Å²) < 4.78 is 37.8. The van der Waals surface area contributed by atoms with E-state index < -0.39 is 29.4 Å². The van der Waals surface area contributed by atoms with Gasteiger partial charge in [-0.1, -0.05) is 11.6 Å². The first kappa shape index (κ1) is 25.5. The van der Waals surface area contributed by atoms with Crippen molar-refractivity contribution in [1.82, 2.24) is 9.88 Å². The molecule has 1 aromatic heterocycles. The van der Waals surface area contributed by atoms with E-state index in [9.17, 15) is 27.6 Å². The fourth-order valence-electron chi connectivity index (χ4n) is 3.60. The van der Waals surface area contributed by atoms with Gasteiger partial charge in [-0.05, 0) is 78.8 Å². The zero-order chi connectivity index (χ0) is 26.0. The molecule has 4 amide bonds. The lowest BCUT2D eigenvalue weighted by Gasteiger charge is -2.21. The zero-order valence-corrected chi connectivity index (χ0v) is 20.2. The number of anilines is 2. The lowest BCUT2D eigenvalue weighted by molar-refractivity contribution is -0.119. The molecule has 0 saturated carbocycles. The number of alkyl halides is 3. The molecule has 4 rings (SSSR count). The average molecular weight is 535 g/mol. The molecule has 7 nitrogen and oxygen atoms in total. The third-order valence-electron chi connectivity index (χ3n) is 5.42. The maximum atomic E-state index is 13.2. The van der Waals surface area contributed by atoms with Crippen LogP contribution in [0.3, 0.4) is 0 Å². The topological polar surface area (TPSA) is 82.6 Å². The Kier molecular flexibility index (Phi) is 7.23. The van der Waals surface area contributed by atoms with Crippen LogP contribution in [0, 0.1) is 0 Å². The molecule has 1 saturated heterocycles. The highest BCUT2D eigenvalue weighted by Gasteiger charge is 2.43. The summed E-state index contributed by atoms with van der Waals surface area (Å²) in [4.78, 5) is 44.9. The van der Waals surface area contributed by atoms with Crippen molar-refractivity contribution >= 4 is 52.6 Å². The highest BCUT2D eigenvalue weighted by molar-refractivity contribution is 8.00. The van der Waals surface area contributed by atoms with Gasteiger partial charge in [-0.3, -0.25) is 14.6 Å². The number of hydrogen-bond acceptors (Lipinski definition) is 5. The van der Waals surface area contributed by atoms with Crippen LogP contribution in [0.25, 0.3) is 0 Å². The number of nitrogens with zero attached hydrogens (tertiary/aromatic N) is 3. The van der Waals surface area contributed by atoms with Crippen molar-refractivity contribution in [1.29, 1.82) is 0 Å². The summed E-state index contributed by atoms with van der Waals surface area (Å²) >= 11 is 5.58. The molecule has 12 heteroatoms. The minimum Gasteiger partial charge on any atom is -0.320 e. The van der Waals surface area contributed by atoms with Gasteiger partial charge < -0.3 is 10.2 Å². The number of amides is 4. The third kappa shape index (κ3) is 5.63. The van der Waals surface area contributed by atoms with Gasteiger partial charge in [0.1, 0.15) is 6.04 Å². The first-order chi connectivity index (χ1) is 17.0. The van der Waals surface area contributed by atoms with E-state index >= 15 is 0 Å². The van der Waals surface area contributed by atoms with Gasteiger partial charge in [-0.25, -0.2) is 9.69 Å². The Labute approximate surface area is 213 Å². The van der Waals surface area contributed by atoms with E-state index in [0.717, 1.165) is 4.90 Å². The van der Waals surface area contributed by atoms with Gasteiger partial charge in [0, 0.05) is 21.7 Å². The summed E-state index contributed by atoms with van der Waals surface area (Å²) in [6.45, 7) is 1.55. The van der Waals surface area contributed by atoms with Crippen molar-refractivity contribution in [3.63, 3.8) is 0 Å². The van der Waals surface area contributed by atoms with Crippen molar-refractivity contribution in [3.05, 3.63) is 83.1 Å². The Balaban J connectivity index is 1.52. The molecule has 1 aliphatic heterocycles. The fourth-order valence-corrected chi connectivity index (χ4v) is 4.27. The lowest BCUT2D eigenvalue weighted by Crippen LogP contribution is -2.33. The first-order valence-electron chi connectivity index (χ1n) is 10.5. The number of nitrogens with one attached hydrogen (secondary N) is 1. The average Bonchev–Trinajstić information content (AvgIpc) is 3.03. The van der Waals surface area contributed by atoms with Crippen LogP contribution in [-0.4, -0.2) is 39.3 Å². The summed E-state index contributed by atoms with van der Waals surface area (Å²) in [5, 5.41) is 3.24. The summed E-state index contributed by atoms with van der Waals surface area (Å²) in [5.74, 6) is -0.923. The van der Waals surface area contributed by atoms with E-state index in [-0.39, 0.29) is 28.9 Å². The highest BCUT2D eigenvalue weighted by atomic mass is 35.5. The monoisotopic (exact) mass is 534 g/mol. The number of carbonyl (C=O) groups is 3. The van der Waals surface area contributed by atoms with E-state index in [2.05, 4.69) is 10.3 Å².